The van der Waals surface area contributed by atoms with Crippen molar-refractivity contribution in [1.29, 1.82) is 0 Å². The molecule has 2 heterocycles. The Bertz CT molecular complexity index is 942. The molecule has 0 unspecified atom stereocenters. The lowest BCUT2D eigenvalue weighted by Crippen LogP contribution is -2.11. The molecule has 0 aliphatic rings. The van der Waals surface area contributed by atoms with Crippen LogP contribution in [-0.2, 0) is 9.84 Å². The van der Waals surface area contributed by atoms with E-state index >= 15 is 0 Å². The molecule has 20 heavy (non-hydrogen) atoms. The first kappa shape index (κ1) is 12.4. The van der Waals surface area contributed by atoms with E-state index in [2.05, 4.69) is 15.0 Å². The molecule has 0 atom stereocenters. The molecule has 4 N–H and O–H groups in total. The highest BCUT2D eigenvalue weighted by atomic mass is 32.2. The molecule has 1 aromatic carbocycles. The summed E-state index contributed by atoms with van der Waals surface area (Å²) in [4.78, 5) is 20.5. The van der Waals surface area contributed by atoms with Gasteiger partial charge in [0.25, 0.3) is 5.56 Å². The van der Waals surface area contributed by atoms with Crippen molar-refractivity contribution in [3.05, 3.63) is 46.9 Å². The van der Waals surface area contributed by atoms with Gasteiger partial charge in [0.2, 0.25) is 15.8 Å². The minimum absolute atomic E-state index is 0.0371. The number of hydrogen-bond donors (Lipinski definition) is 3. The second-order valence-electron chi connectivity index (χ2n) is 4.14. The highest BCUT2D eigenvalue weighted by Gasteiger charge is 2.23. The van der Waals surface area contributed by atoms with Crippen LogP contribution in [0, 0.1) is 0 Å². The SMILES string of the molecule is Nc1nc2c(S(=O)(=O)c3ccccc3)c[nH]c2c(=O)[nH]1. The fourth-order valence-electron chi connectivity index (χ4n) is 1.94. The number of aromatic nitrogens is 3. The Morgan fingerprint density at radius 1 is 1.15 bits per heavy atom. The summed E-state index contributed by atoms with van der Waals surface area (Å²) in [5, 5.41) is 0. The van der Waals surface area contributed by atoms with E-state index in [1.165, 1.54) is 18.3 Å². The van der Waals surface area contributed by atoms with Crippen molar-refractivity contribution in [1.82, 2.24) is 15.0 Å². The zero-order chi connectivity index (χ0) is 14.3. The molecular formula is C12H10N4O3S. The van der Waals surface area contributed by atoms with Crippen LogP contribution < -0.4 is 11.3 Å². The summed E-state index contributed by atoms with van der Waals surface area (Å²) in [6.07, 6.45) is 1.24. The quantitative estimate of drug-likeness (QED) is 0.640. The third-order valence-electron chi connectivity index (χ3n) is 2.86. The van der Waals surface area contributed by atoms with Crippen LogP contribution in [0.3, 0.4) is 0 Å². The monoisotopic (exact) mass is 290 g/mol. The number of anilines is 1. The minimum Gasteiger partial charge on any atom is -0.369 e. The van der Waals surface area contributed by atoms with E-state index in [-0.39, 0.29) is 26.8 Å². The molecular weight excluding hydrogens is 280 g/mol. The lowest BCUT2D eigenvalue weighted by molar-refractivity contribution is 0.597. The van der Waals surface area contributed by atoms with Crippen molar-refractivity contribution < 1.29 is 8.42 Å². The van der Waals surface area contributed by atoms with Gasteiger partial charge in [-0.05, 0) is 12.1 Å². The molecule has 8 heteroatoms. The van der Waals surface area contributed by atoms with Crippen LogP contribution in [0.25, 0.3) is 11.0 Å². The average Bonchev–Trinajstić information content (AvgIpc) is 2.84. The first-order chi connectivity index (χ1) is 9.50. The summed E-state index contributed by atoms with van der Waals surface area (Å²) in [7, 11) is -3.76. The van der Waals surface area contributed by atoms with E-state index in [0.29, 0.717) is 0 Å². The summed E-state index contributed by atoms with van der Waals surface area (Å²) >= 11 is 0. The zero-order valence-electron chi connectivity index (χ0n) is 10.1. The molecule has 0 saturated heterocycles. The first-order valence-corrected chi connectivity index (χ1v) is 7.15. The highest BCUT2D eigenvalue weighted by molar-refractivity contribution is 7.91. The van der Waals surface area contributed by atoms with Gasteiger partial charge in [0.05, 0.1) is 4.90 Å². The van der Waals surface area contributed by atoms with E-state index in [0.717, 1.165) is 0 Å². The van der Waals surface area contributed by atoms with E-state index < -0.39 is 15.4 Å². The number of H-pyrrole nitrogens is 2. The Morgan fingerprint density at radius 3 is 2.55 bits per heavy atom. The molecule has 3 rings (SSSR count). The highest BCUT2D eigenvalue weighted by Crippen LogP contribution is 2.25. The van der Waals surface area contributed by atoms with Crippen LogP contribution in [0.2, 0.25) is 0 Å². The smallest absolute Gasteiger partial charge is 0.276 e. The maximum absolute atomic E-state index is 12.5. The van der Waals surface area contributed by atoms with Gasteiger partial charge in [-0.25, -0.2) is 13.4 Å². The van der Waals surface area contributed by atoms with Crippen molar-refractivity contribution in [2.75, 3.05) is 5.73 Å². The van der Waals surface area contributed by atoms with E-state index in [1.807, 2.05) is 0 Å². The van der Waals surface area contributed by atoms with Crippen LogP contribution >= 0.6 is 0 Å². The lowest BCUT2D eigenvalue weighted by Gasteiger charge is -2.02. The fourth-order valence-corrected chi connectivity index (χ4v) is 3.33. The maximum atomic E-state index is 12.5. The molecule has 0 radical (unpaired) electrons. The zero-order valence-corrected chi connectivity index (χ0v) is 10.9. The maximum Gasteiger partial charge on any atom is 0.276 e. The summed E-state index contributed by atoms with van der Waals surface area (Å²) in [5.41, 5.74) is 5.06. The summed E-state index contributed by atoms with van der Waals surface area (Å²) in [6.45, 7) is 0. The van der Waals surface area contributed by atoms with Gasteiger partial charge in [-0.15, -0.1) is 0 Å². The second kappa shape index (κ2) is 4.20. The molecule has 0 amide bonds. The molecule has 2 aromatic heterocycles. The van der Waals surface area contributed by atoms with Crippen LogP contribution in [0.5, 0.6) is 0 Å². The molecule has 0 aliphatic heterocycles. The van der Waals surface area contributed by atoms with Gasteiger partial charge in [-0.1, -0.05) is 18.2 Å². The minimum atomic E-state index is -3.76. The van der Waals surface area contributed by atoms with E-state index in [9.17, 15) is 13.2 Å². The van der Waals surface area contributed by atoms with E-state index in [1.54, 1.807) is 18.2 Å². The molecule has 0 fully saturated rings. The molecule has 0 saturated carbocycles. The topological polar surface area (TPSA) is 122 Å². The van der Waals surface area contributed by atoms with Gasteiger partial charge in [0.15, 0.2) is 0 Å². The van der Waals surface area contributed by atoms with Crippen LogP contribution in [0.1, 0.15) is 0 Å². The summed E-state index contributed by atoms with van der Waals surface area (Å²) < 4.78 is 25.0. The number of hydrogen-bond acceptors (Lipinski definition) is 5. The second-order valence-corrected chi connectivity index (χ2v) is 6.06. The molecule has 102 valence electrons. The number of nitrogens with two attached hydrogens (primary N) is 1. The third-order valence-corrected chi connectivity index (χ3v) is 4.64. The van der Waals surface area contributed by atoms with E-state index in [4.69, 9.17) is 5.73 Å². The van der Waals surface area contributed by atoms with Crippen molar-refractivity contribution in [3.8, 4) is 0 Å². The number of rotatable bonds is 2. The van der Waals surface area contributed by atoms with Gasteiger partial charge < -0.3 is 10.7 Å². The Morgan fingerprint density at radius 2 is 1.85 bits per heavy atom. The molecule has 7 nitrogen and oxygen atoms in total. The number of nitrogens with one attached hydrogen (secondary N) is 2. The van der Waals surface area contributed by atoms with Gasteiger partial charge in [-0.2, -0.15) is 0 Å². The van der Waals surface area contributed by atoms with Crippen LogP contribution in [-0.4, -0.2) is 23.4 Å². The number of fused-ring (bicyclic) bond motifs is 1. The van der Waals surface area contributed by atoms with Crippen molar-refractivity contribution in [3.63, 3.8) is 0 Å². The number of aromatic amines is 2. The van der Waals surface area contributed by atoms with Crippen LogP contribution in [0.4, 0.5) is 5.95 Å². The standard InChI is InChI=1S/C12H10N4O3S/c13-12-15-9-8(6-14-10(9)11(17)16-12)20(18,19)7-4-2-1-3-5-7/h1-6,14H,(H3,13,15,16,17). The number of nitrogen functional groups attached to an aromatic ring is 1. The predicted octanol–water partition coefficient (Wildman–Crippen LogP) is 0.666. The number of nitrogens with zero attached hydrogens (tertiary/aromatic N) is 1. The van der Waals surface area contributed by atoms with Gasteiger partial charge in [-0.3, -0.25) is 9.78 Å². The average molecular weight is 290 g/mol. The summed E-state index contributed by atoms with van der Waals surface area (Å²) in [5.74, 6) is -0.133. The lowest BCUT2D eigenvalue weighted by atomic mass is 10.4. The number of sulfone groups is 1. The number of benzene rings is 1. The molecule has 0 aliphatic carbocycles. The largest absolute Gasteiger partial charge is 0.369 e. The fraction of sp³-hybridized carbons (Fsp3) is 0. The third kappa shape index (κ3) is 1.77. The van der Waals surface area contributed by atoms with Crippen molar-refractivity contribution >= 4 is 26.8 Å². The Hall–Kier alpha value is -2.61. The van der Waals surface area contributed by atoms with Gasteiger partial charge in [0.1, 0.15) is 15.9 Å². The van der Waals surface area contributed by atoms with Gasteiger partial charge in [0, 0.05) is 6.20 Å². The van der Waals surface area contributed by atoms with Crippen LogP contribution in [0.15, 0.2) is 51.1 Å². The normalized spacial score (nSPS) is 11.8. The molecule has 3 aromatic rings. The Balaban J connectivity index is 2.34. The molecule has 0 bridgehead atoms. The Kier molecular flexibility index (Phi) is 2.61. The summed E-state index contributed by atoms with van der Waals surface area (Å²) in [6, 6.07) is 7.91. The molecule has 0 spiro atoms. The first-order valence-electron chi connectivity index (χ1n) is 5.67. The predicted molar refractivity (Wildman–Crippen MR) is 73.0 cm³/mol. The Labute approximate surface area is 113 Å². The van der Waals surface area contributed by atoms with Crippen molar-refractivity contribution in [2.45, 2.75) is 9.79 Å². The van der Waals surface area contributed by atoms with Gasteiger partial charge >= 0.3 is 0 Å². The van der Waals surface area contributed by atoms with Crippen molar-refractivity contribution in [2.24, 2.45) is 0 Å².